The normalized spacial score (nSPS) is 24.9. The van der Waals surface area contributed by atoms with Gasteiger partial charge in [-0.2, -0.15) is 0 Å². The molecule has 5 heteroatoms. The molecule has 2 rings (SSSR count). The van der Waals surface area contributed by atoms with Crippen LogP contribution in [0.3, 0.4) is 0 Å². The highest BCUT2D eigenvalue weighted by molar-refractivity contribution is 9.10. The number of nitrogens with one attached hydrogen (secondary N) is 1. The van der Waals surface area contributed by atoms with E-state index >= 15 is 0 Å². The Morgan fingerprint density at radius 2 is 2.25 bits per heavy atom. The molecule has 1 aromatic rings. The van der Waals surface area contributed by atoms with Gasteiger partial charge in [-0.05, 0) is 18.2 Å². The molecule has 0 aromatic heterocycles. The van der Waals surface area contributed by atoms with E-state index in [-0.39, 0.29) is 11.8 Å². The number of hydrogen-bond acceptors (Lipinski definition) is 4. The average molecular weight is 288 g/mol. The topological polar surface area (TPSA) is 61.7 Å². The highest BCUT2D eigenvalue weighted by Crippen LogP contribution is 2.22. The second kappa shape index (κ2) is 5.14. The lowest BCUT2D eigenvalue weighted by Crippen LogP contribution is -2.38. The Morgan fingerprint density at radius 3 is 2.94 bits per heavy atom. The molecule has 0 saturated carbocycles. The van der Waals surface area contributed by atoms with Gasteiger partial charge < -0.3 is 20.3 Å². The zero-order valence-corrected chi connectivity index (χ0v) is 10.3. The molecule has 0 bridgehead atoms. The third-order valence-corrected chi connectivity index (χ3v) is 3.14. The highest BCUT2D eigenvalue weighted by Gasteiger charge is 2.25. The SMILES string of the molecule is Oc1ccc(Br)cc1CNC1COCC1O. The lowest BCUT2D eigenvalue weighted by Gasteiger charge is -2.15. The number of halogens is 1. The summed E-state index contributed by atoms with van der Waals surface area (Å²) in [5.74, 6) is 0.254. The lowest BCUT2D eigenvalue weighted by atomic mass is 10.1. The third-order valence-electron chi connectivity index (χ3n) is 2.65. The Bertz CT molecular complexity index is 372. The predicted octanol–water partition coefficient (Wildman–Crippen LogP) is 1.00. The zero-order valence-electron chi connectivity index (χ0n) is 8.69. The van der Waals surface area contributed by atoms with E-state index in [1.807, 2.05) is 6.07 Å². The number of aliphatic hydroxyl groups excluding tert-OH is 1. The summed E-state index contributed by atoms with van der Waals surface area (Å²) in [7, 11) is 0. The van der Waals surface area contributed by atoms with E-state index in [2.05, 4.69) is 21.2 Å². The molecule has 0 amide bonds. The van der Waals surface area contributed by atoms with Crippen molar-refractivity contribution >= 4 is 15.9 Å². The first-order valence-electron chi connectivity index (χ1n) is 5.13. The monoisotopic (exact) mass is 287 g/mol. The molecule has 0 radical (unpaired) electrons. The van der Waals surface area contributed by atoms with E-state index in [9.17, 15) is 10.2 Å². The minimum Gasteiger partial charge on any atom is -0.508 e. The summed E-state index contributed by atoms with van der Waals surface area (Å²) in [5.41, 5.74) is 0.800. The van der Waals surface area contributed by atoms with Crippen molar-refractivity contribution in [1.82, 2.24) is 5.32 Å². The van der Waals surface area contributed by atoms with Crippen LogP contribution in [0.2, 0.25) is 0 Å². The Labute approximate surface area is 102 Å². The summed E-state index contributed by atoms with van der Waals surface area (Å²) in [5, 5.41) is 22.3. The van der Waals surface area contributed by atoms with Gasteiger partial charge in [-0.1, -0.05) is 15.9 Å². The van der Waals surface area contributed by atoms with Gasteiger partial charge in [0.05, 0.1) is 25.4 Å². The first-order valence-corrected chi connectivity index (χ1v) is 5.92. The highest BCUT2D eigenvalue weighted by atomic mass is 79.9. The number of hydrogen-bond donors (Lipinski definition) is 3. The Balaban J connectivity index is 1.96. The summed E-state index contributed by atoms with van der Waals surface area (Å²) in [6.07, 6.45) is -0.464. The molecule has 1 aliphatic rings. The van der Waals surface area contributed by atoms with Crippen molar-refractivity contribution in [1.29, 1.82) is 0 Å². The van der Waals surface area contributed by atoms with Crippen LogP contribution in [0, 0.1) is 0 Å². The van der Waals surface area contributed by atoms with Crippen LogP contribution in [0.1, 0.15) is 5.56 Å². The van der Waals surface area contributed by atoms with Crippen LogP contribution in [0.4, 0.5) is 0 Å². The van der Waals surface area contributed by atoms with Crippen LogP contribution in [-0.4, -0.2) is 35.6 Å². The van der Waals surface area contributed by atoms with E-state index in [0.29, 0.717) is 19.8 Å². The maximum atomic E-state index is 9.62. The van der Waals surface area contributed by atoms with E-state index in [0.717, 1.165) is 10.0 Å². The fourth-order valence-electron chi connectivity index (χ4n) is 1.67. The first-order chi connectivity index (χ1) is 7.66. The summed E-state index contributed by atoms with van der Waals surface area (Å²) in [4.78, 5) is 0. The minimum atomic E-state index is -0.464. The Hall–Kier alpha value is -0.620. The maximum Gasteiger partial charge on any atom is 0.120 e. The third kappa shape index (κ3) is 2.74. The number of phenolic OH excluding ortho intramolecular Hbond substituents is 1. The molecule has 1 aliphatic heterocycles. The van der Waals surface area contributed by atoms with Crippen molar-refractivity contribution in [3.63, 3.8) is 0 Å². The minimum absolute atomic E-state index is 0.0571. The van der Waals surface area contributed by atoms with Gasteiger partial charge in [-0.15, -0.1) is 0 Å². The van der Waals surface area contributed by atoms with Gasteiger partial charge >= 0.3 is 0 Å². The van der Waals surface area contributed by atoms with Crippen molar-refractivity contribution in [2.24, 2.45) is 0 Å². The molecule has 2 atom stereocenters. The van der Waals surface area contributed by atoms with Gasteiger partial charge in [0.2, 0.25) is 0 Å². The molecule has 1 fully saturated rings. The number of ether oxygens (including phenoxy) is 1. The molecule has 88 valence electrons. The second-order valence-corrected chi connectivity index (χ2v) is 4.78. The van der Waals surface area contributed by atoms with Crippen molar-refractivity contribution in [3.8, 4) is 5.75 Å². The zero-order chi connectivity index (χ0) is 11.5. The van der Waals surface area contributed by atoms with Gasteiger partial charge in [0.1, 0.15) is 5.75 Å². The van der Waals surface area contributed by atoms with Crippen LogP contribution in [0.15, 0.2) is 22.7 Å². The largest absolute Gasteiger partial charge is 0.508 e. The van der Waals surface area contributed by atoms with Crippen LogP contribution < -0.4 is 5.32 Å². The van der Waals surface area contributed by atoms with Crippen LogP contribution >= 0.6 is 15.9 Å². The molecular weight excluding hydrogens is 274 g/mol. The van der Waals surface area contributed by atoms with Crippen molar-refractivity contribution in [2.75, 3.05) is 13.2 Å². The van der Waals surface area contributed by atoms with Gasteiger partial charge in [0.15, 0.2) is 0 Å². The van der Waals surface area contributed by atoms with Crippen molar-refractivity contribution in [2.45, 2.75) is 18.7 Å². The second-order valence-electron chi connectivity index (χ2n) is 3.87. The standard InChI is InChI=1S/C11H14BrNO3/c12-8-1-2-10(14)7(3-8)4-13-9-5-16-6-11(9)15/h1-3,9,11,13-15H,4-6H2. The van der Waals surface area contributed by atoms with Gasteiger partial charge in [0, 0.05) is 16.6 Å². The van der Waals surface area contributed by atoms with Gasteiger partial charge in [-0.25, -0.2) is 0 Å². The summed E-state index contributed by atoms with van der Waals surface area (Å²) >= 11 is 3.35. The number of aromatic hydroxyl groups is 1. The first kappa shape index (κ1) is 11.9. The van der Waals surface area contributed by atoms with E-state index < -0.39 is 6.10 Å². The number of phenols is 1. The number of rotatable bonds is 3. The molecule has 3 N–H and O–H groups in total. The molecule has 0 aliphatic carbocycles. The van der Waals surface area contributed by atoms with Crippen LogP contribution in [0.5, 0.6) is 5.75 Å². The molecule has 1 saturated heterocycles. The Kier molecular flexibility index (Phi) is 3.81. The molecule has 0 spiro atoms. The van der Waals surface area contributed by atoms with E-state index in [1.165, 1.54) is 0 Å². The van der Waals surface area contributed by atoms with Crippen molar-refractivity contribution < 1.29 is 14.9 Å². The molecule has 1 aromatic carbocycles. The summed E-state index contributed by atoms with van der Waals surface area (Å²) in [6.45, 7) is 1.40. The number of benzene rings is 1. The molecule has 4 nitrogen and oxygen atoms in total. The van der Waals surface area contributed by atoms with Crippen LogP contribution in [-0.2, 0) is 11.3 Å². The maximum absolute atomic E-state index is 9.62. The molecular formula is C11H14BrNO3. The molecule has 2 unspecified atom stereocenters. The van der Waals surface area contributed by atoms with Crippen LogP contribution in [0.25, 0.3) is 0 Å². The quantitative estimate of drug-likeness (QED) is 0.776. The van der Waals surface area contributed by atoms with Crippen molar-refractivity contribution in [3.05, 3.63) is 28.2 Å². The lowest BCUT2D eigenvalue weighted by molar-refractivity contribution is 0.122. The number of aliphatic hydroxyl groups is 1. The van der Waals surface area contributed by atoms with E-state index in [4.69, 9.17) is 4.74 Å². The fourth-order valence-corrected chi connectivity index (χ4v) is 2.08. The van der Waals surface area contributed by atoms with Gasteiger partial charge in [-0.3, -0.25) is 0 Å². The Morgan fingerprint density at radius 1 is 1.44 bits per heavy atom. The average Bonchev–Trinajstić information content (AvgIpc) is 2.66. The predicted molar refractivity (Wildman–Crippen MR) is 63.3 cm³/mol. The molecule has 16 heavy (non-hydrogen) atoms. The molecule has 1 heterocycles. The van der Waals surface area contributed by atoms with Gasteiger partial charge in [0.25, 0.3) is 0 Å². The van der Waals surface area contributed by atoms with E-state index in [1.54, 1.807) is 12.1 Å². The summed E-state index contributed by atoms with van der Waals surface area (Å²) < 4.78 is 6.05. The fraction of sp³-hybridized carbons (Fsp3) is 0.455. The smallest absolute Gasteiger partial charge is 0.120 e. The summed E-state index contributed by atoms with van der Waals surface area (Å²) in [6, 6.07) is 5.22.